The minimum atomic E-state index is -0.534. The lowest BCUT2D eigenvalue weighted by Gasteiger charge is -2.07. The van der Waals surface area contributed by atoms with Gasteiger partial charge >= 0.3 is 11.7 Å². The number of ether oxygens (including phenoxy) is 1. The Morgan fingerprint density at radius 2 is 2.18 bits per heavy atom. The van der Waals surface area contributed by atoms with E-state index in [0.29, 0.717) is 16.9 Å². The van der Waals surface area contributed by atoms with Crippen LogP contribution in [0.1, 0.15) is 15.9 Å². The highest BCUT2D eigenvalue weighted by atomic mass is 35.5. The first-order valence-corrected chi connectivity index (χ1v) is 7.48. The van der Waals surface area contributed by atoms with Gasteiger partial charge in [-0.1, -0.05) is 41.6 Å². The normalized spacial score (nSPS) is 10.3. The van der Waals surface area contributed by atoms with Crippen LogP contribution >= 0.6 is 23.4 Å². The van der Waals surface area contributed by atoms with Crippen molar-refractivity contribution in [2.24, 2.45) is 0 Å². The van der Waals surface area contributed by atoms with Gasteiger partial charge in [0.1, 0.15) is 0 Å². The molecule has 1 heterocycles. The van der Waals surface area contributed by atoms with Gasteiger partial charge < -0.3 is 4.74 Å². The highest BCUT2D eigenvalue weighted by Gasteiger charge is 2.18. The molecule has 2 rings (SSSR count). The van der Waals surface area contributed by atoms with Crippen LogP contribution in [0.4, 0.5) is 5.69 Å². The molecule has 0 aliphatic carbocycles. The average molecular weight is 339 g/mol. The number of nitrogens with zero attached hydrogens (tertiary/aromatic N) is 2. The predicted molar refractivity (Wildman–Crippen MR) is 83.2 cm³/mol. The zero-order valence-electron chi connectivity index (χ0n) is 11.5. The Balaban J connectivity index is 2.25. The zero-order chi connectivity index (χ0) is 16.1. The highest BCUT2D eigenvalue weighted by Crippen LogP contribution is 2.32. The van der Waals surface area contributed by atoms with E-state index in [1.165, 1.54) is 19.4 Å². The molecule has 0 saturated carbocycles. The smallest absolute Gasteiger partial charge is 0.338 e. The lowest BCUT2D eigenvalue weighted by Crippen LogP contribution is -2.05. The predicted octanol–water partition coefficient (Wildman–Crippen LogP) is 3.72. The van der Waals surface area contributed by atoms with E-state index in [9.17, 15) is 14.9 Å². The number of methoxy groups -OCH3 is 1. The van der Waals surface area contributed by atoms with Crippen LogP contribution in [0.5, 0.6) is 0 Å². The molecule has 0 atom stereocenters. The molecule has 1 aromatic carbocycles. The quantitative estimate of drug-likeness (QED) is 0.357. The number of hydrogen-bond donors (Lipinski definition) is 0. The number of carbonyl (C=O) groups excluding carboxylic acids is 1. The van der Waals surface area contributed by atoms with Gasteiger partial charge in [0.2, 0.25) is 0 Å². The van der Waals surface area contributed by atoms with Gasteiger partial charge in [-0.15, -0.1) is 0 Å². The third kappa shape index (κ3) is 3.75. The monoisotopic (exact) mass is 338 g/mol. The Morgan fingerprint density at radius 1 is 1.45 bits per heavy atom. The summed E-state index contributed by atoms with van der Waals surface area (Å²) in [6, 6.07) is 8.17. The third-order valence-corrected chi connectivity index (χ3v) is 4.03. The van der Waals surface area contributed by atoms with E-state index in [0.717, 1.165) is 11.8 Å². The van der Waals surface area contributed by atoms with Gasteiger partial charge in [-0.2, -0.15) is 0 Å². The maximum Gasteiger partial charge on any atom is 0.338 e. The molecule has 0 fully saturated rings. The van der Waals surface area contributed by atoms with Crippen molar-refractivity contribution in [2.45, 2.75) is 10.8 Å². The molecule has 6 nitrogen and oxygen atoms in total. The second-order valence-corrected chi connectivity index (χ2v) is 5.57. The van der Waals surface area contributed by atoms with Crippen molar-refractivity contribution >= 4 is 35.0 Å². The van der Waals surface area contributed by atoms with Crippen molar-refractivity contribution in [3.63, 3.8) is 0 Å². The van der Waals surface area contributed by atoms with Crippen molar-refractivity contribution in [3.05, 3.63) is 62.8 Å². The molecule has 0 radical (unpaired) electrons. The van der Waals surface area contributed by atoms with Gasteiger partial charge in [0, 0.05) is 18.0 Å². The van der Waals surface area contributed by atoms with Crippen LogP contribution in [-0.2, 0) is 10.5 Å². The highest BCUT2D eigenvalue weighted by molar-refractivity contribution is 7.98. The molecule has 0 amide bonds. The van der Waals surface area contributed by atoms with Crippen LogP contribution in [0.3, 0.4) is 0 Å². The van der Waals surface area contributed by atoms with E-state index in [-0.39, 0.29) is 15.7 Å². The van der Waals surface area contributed by atoms with Gasteiger partial charge in [0.05, 0.1) is 22.6 Å². The summed E-state index contributed by atoms with van der Waals surface area (Å²) in [5.74, 6) is -0.101. The molecule has 22 heavy (non-hydrogen) atoms. The number of halogens is 1. The second-order valence-electron chi connectivity index (χ2n) is 4.17. The summed E-state index contributed by atoms with van der Waals surface area (Å²) in [4.78, 5) is 26.2. The van der Waals surface area contributed by atoms with Crippen molar-refractivity contribution in [2.75, 3.05) is 7.11 Å². The number of aromatic nitrogens is 1. The number of carbonyl (C=O) groups is 1. The van der Waals surface area contributed by atoms with Gasteiger partial charge in [-0.05, 0) is 11.6 Å². The van der Waals surface area contributed by atoms with E-state index >= 15 is 0 Å². The summed E-state index contributed by atoms with van der Waals surface area (Å²) >= 11 is 6.89. The fourth-order valence-corrected chi connectivity index (χ4v) is 2.86. The van der Waals surface area contributed by atoms with E-state index in [4.69, 9.17) is 16.3 Å². The van der Waals surface area contributed by atoms with Crippen LogP contribution < -0.4 is 0 Å². The number of benzene rings is 1. The van der Waals surface area contributed by atoms with E-state index in [1.54, 1.807) is 24.3 Å². The topological polar surface area (TPSA) is 82.3 Å². The van der Waals surface area contributed by atoms with Crippen LogP contribution in [0, 0.1) is 10.1 Å². The first kappa shape index (κ1) is 16.3. The lowest BCUT2D eigenvalue weighted by atomic mass is 10.1. The van der Waals surface area contributed by atoms with Crippen molar-refractivity contribution in [1.29, 1.82) is 0 Å². The minimum Gasteiger partial charge on any atom is -0.465 e. The third-order valence-electron chi connectivity index (χ3n) is 2.78. The van der Waals surface area contributed by atoms with Gasteiger partial charge in [0.15, 0.2) is 5.03 Å². The molecule has 0 unspecified atom stereocenters. The molecular weight excluding hydrogens is 328 g/mol. The minimum absolute atomic E-state index is 0.159. The first-order valence-electron chi connectivity index (χ1n) is 6.12. The second kappa shape index (κ2) is 7.24. The van der Waals surface area contributed by atoms with Crippen molar-refractivity contribution < 1.29 is 14.5 Å². The van der Waals surface area contributed by atoms with Crippen molar-refractivity contribution in [3.8, 4) is 0 Å². The summed E-state index contributed by atoms with van der Waals surface area (Å²) in [7, 11) is 1.30. The fourth-order valence-electron chi connectivity index (χ4n) is 1.76. The Bertz CT molecular complexity index is 724. The molecule has 2 aromatic rings. The zero-order valence-corrected chi connectivity index (χ0v) is 13.1. The maximum absolute atomic E-state index is 11.7. The van der Waals surface area contributed by atoms with Gasteiger partial charge in [-0.25, -0.2) is 9.78 Å². The van der Waals surface area contributed by atoms with Gasteiger partial charge in [-0.3, -0.25) is 10.1 Å². The van der Waals surface area contributed by atoms with Crippen molar-refractivity contribution in [1.82, 2.24) is 4.98 Å². The van der Waals surface area contributed by atoms with Crippen LogP contribution in [0.15, 0.2) is 41.6 Å². The number of thioether (sulfide) groups is 1. The standard InChI is InChI=1S/C14H11ClN2O4S/c1-21-14(18)11-5-3-2-4-9(11)8-22-13-12(17(19)20)6-10(15)7-16-13/h2-7H,8H2,1H3. The van der Waals surface area contributed by atoms with E-state index < -0.39 is 10.9 Å². The summed E-state index contributed by atoms with van der Waals surface area (Å²) in [5, 5.41) is 11.5. The Hall–Kier alpha value is -2.12. The number of hydrogen-bond acceptors (Lipinski definition) is 6. The molecule has 1 aromatic heterocycles. The maximum atomic E-state index is 11.7. The number of pyridine rings is 1. The number of rotatable bonds is 5. The molecule has 0 N–H and O–H groups in total. The largest absolute Gasteiger partial charge is 0.465 e. The van der Waals surface area contributed by atoms with E-state index in [1.807, 2.05) is 0 Å². The van der Waals surface area contributed by atoms with Crippen LogP contribution in [-0.4, -0.2) is 23.0 Å². The molecular formula is C14H11ClN2O4S. The molecule has 0 bridgehead atoms. The first-order chi connectivity index (χ1) is 10.5. The molecule has 0 aliphatic heterocycles. The van der Waals surface area contributed by atoms with E-state index in [2.05, 4.69) is 4.98 Å². The molecule has 0 aliphatic rings. The fraction of sp³-hybridized carbons (Fsp3) is 0.143. The molecule has 8 heteroatoms. The molecule has 114 valence electrons. The lowest BCUT2D eigenvalue weighted by molar-refractivity contribution is -0.388. The molecule has 0 spiro atoms. The SMILES string of the molecule is COC(=O)c1ccccc1CSc1ncc(Cl)cc1[N+](=O)[O-]. The molecule has 0 saturated heterocycles. The number of esters is 1. The van der Waals surface area contributed by atoms with Crippen LogP contribution in [0.2, 0.25) is 5.02 Å². The summed E-state index contributed by atoms with van der Waals surface area (Å²) in [6.07, 6.45) is 1.35. The van der Waals surface area contributed by atoms with Crippen LogP contribution in [0.25, 0.3) is 0 Å². The Kier molecular flexibility index (Phi) is 5.35. The summed E-state index contributed by atoms with van der Waals surface area (Å²) in [6.45, 7) is 0. The Labute approximate surface area is 135 Å². The summed E-state index contributed by atoms with van der Waals surface area (Å²) < 4.78 is 4.72. The van der Waals surface area contributed by atoms with Gasteiger partial charge in [0.25, 0.3) is 0 Å². The summed E-state index contributed by atoms with van der Waals surface area (Å²) in [5.41, 5.74) is 0.979. The average Bonchev–Trinajstić information content (AvgIpc) is 2.53. The number of nitro groups is 1. The Morgan fingerprint density at radius 3 is 2.86 bits per heavy atom.